The third kappa shape index (κ3) is 5.20. The fourth-order valence-electron chi connectivity index (χ4n) is 2.48. The highest BCUT2D eigenvalue weighted by Gasteiger charge is 2.17. The molecule has 146 valence electrons. The number of benzene rings is 2. The van der Waals surface area contributed by atoms with Crippen LogP contribution in [-0.4, -0.2) is 40.5 Å². The lowest BCUT2D eigenvalue weighted by molar-refractivity contribution is -0.127. The van der Waals surface area contributed by atoms with E-state index >= 15 is 0 Å². The lowest BCUT2D eigenvalue weighted by Gasteiger charge is -2.17. The molecular weight excluding hydrogens is 350 g/mol. The van der Waals surface area contributed by atoms with Crippen molar-refractivity contribution in [3.8, 4) is 28.7 Å². The molecule has 27 heavy (non-hydrogen) atoms. The van der Waals surface area contributed by atoms with E-state index < -0.39 is 6.10 Å². The Kier molecular flexibility index (Phi) is 7.16. The molecule has 2 rings (SSSR count). The van der Waals surface area contributed by atoms with Gasteiger partial charge in [0, 0.05) is 6.54 Å². The van der Waals surface area contributed by atoms with E-state index in [1.54, 1.807) is 71.8 Å². The van der Waals surface area contributed by atoms with Crippen molar-refractivity contribution in [3.63, 3.8) is 0 Å². The van der Waals surface area contributed by atoms with Crippen LogP contribution in [0.3, 0.4) is 0 Å². The predicted octanol–water partition coefficient (Wildman–Crippen LogP) is 2.80. The third-order valence-corrected chi connectivity index (χ3v) is 3.93. The second kappa shape index (κ2) is 9.56. The van der Waals surface area contributed by atoms with Crippen molar-refractivity contribution in [2.45, 2.75) is 19.6 Å². The monoisotopic (exact) mass is 375 g/mol. The second-order valence-electron chi connectivity index (χ2n) is 5.69. The molecule has 1 amide bonds. The van der Waals surface area contributed by atoms with Crippen LogP contribution in [-0.2, 0) is 11.3 Å². The molecule has 2 aromatic carbocycles. The van der Waals surface area contributed by atoms with E-state index in [2.05, 4.69) is 5.32 Å². The van der Waals surface area contributed by atoms with Crippen LogP contribution in [0.1, 0.15) is 12.5 Å². The topological polar surface area (TPSA) is 75.3 Å². The summed E-state index contributed by atoms with van der Waals surface area (Å²) in [5.74, 6) is 2.64. The van der Waals surface area contributed by atoms with E-state index in [-0.39, 0.29) is 5.91 Å². The Morgan fingerprint density at radius 2 is 1.44 bits per heavy atom. The Labute approximate surface area is 159 Å². The number of ether oxygens (including phenoxy) is 5. The van der Waals surface area contributed by atoms with E-state index in [0.29, 0.717) is 29.5 Å². The van der Waals surface area contributed by atoms with Gasteiger partial charge in [0.25, 0.3) is 5.91 Å². The summed E-state index contributed by atoms with van der Waals surface area (Å²) in [5, 5.41) is 2.84. The van der Waals surface area contributed by atoms with E-state index in [0.717, 1.165) is 11.3 Å². The van der Waals surface area contributed by atoms with E-state index in [4.69, 9.17) is 23.7 Å². The quantitative estimate of drug-likeness (QED) is 0.726. The molecule has 0 spiro atoms. The summed E-state index contributed by atoms with van der Waals surface area (Å²) >= 11 is 0. The van der Waals surface area contributed by atoms with E-state index in [1.807, 2.05) is 0 Å². The number of methoxy groups -OCH3 is 4. The maximum absolute atomic E-state index is 12.3. The Bertz CT molecular complexity index is 735. The highest BCUT2D eigenvalue weighted by molar-refractivity contribution is 5.80. The molecular formula is C20H25NO6. The Morgan fingerprint density at radius 1 is 0.889 bits per heavy atom. The van der Waals surface area contributed by atoms with Crippen molar-refractivity contribution >= 4 is 5.91 Å². The van der Waals surface area contributed by atoms with Crippen molar-refractivity contribution < 1.29 is 28.5 Å². The van der Waals surface area contributed by atoms with Gasteiger partial charge < -0.3 is 29.0 Å². The molecule has 0 aromatic heterocycles. The van der Waals surface area contributed by atoms with Gasteiger partial charge in [-0.2, -0.15) is 0 Å². The average Bonchev–Trinajstić information content (AvgIpc) is 2.71. The predicted molar refractivity (Wildman–Crippen MR) is 101 cm³/mol. The smallest absolute Gasteiger partial charge is 0.261 e. The van der Waals surface area contributed by atoms with Gasteiger partial charge in [-0.15, -0.1) is 0 Å². The van der Waals surface area contributed by atoms with Crippen LogP contribution in [0.15, 0.2) is 36.4 Å². The van der Waals surface area contributed by atoms with Crippen LogP contribution < -0.4 is 29.0 Å². The summed E-state index contributed by atoms with van der Waals surface area (Å²) in [5.41, 5.74) is 0.814. The summed E-state index contributed by atoms with van der Waals surface area (Å²) in [6, 6.07) is 10.6. The highest BCUT2D eigenvalue weighted by atomic mass is 16.5. The van der Waals surface area contributed by atoms with E-state index in [9.17, 15) is 4.79 Å². The first-order valence-electron chi connectivity index (χ1n) is 8.39. The van der Waals surface area contributed by atoms with Gasteiger partial charge in [0.15, 0.2) is 17.6 Å². The van der Waals surface area contributed by atoms with Crippen molar-refractivity contribution in [1.82, 2.24) is 5.32 Å². The van der Waals surface area contributed by atoms with Crippen molar-refractivity contribution in [1.29, 1.82) is 0 Å². The standard InChI is InChI=1S/C20H25NO6/c1-13(27-16-8-6-15(23-2)7-9-16)20(22)21-12-14-10-17(24-3)19(26-5)18(11-14)25-4/h6-11,13H,12H2,1-5H3,(H,21,22)/t13-/m0/s1. The molecule has 0 saturated heterocycles. The number of carbonyl (C=O) groups excluding carboxylic acids is 1. The number of rotatable bonds is 9. The summed E-state index contributed by atoms with van der Waals surface area (Å²) in [6.45, 7) is 1.99. The second-order valence-corrected chi connectivity index (χ2v) is 5.69. The molecule has 2 aromatic rings. The first kappa shape index (κ1) is 20.2. The molecule has 0 unspecified atom stereocenters. The molecule has 7 heteroatoms. The molecule has 0 aliphatic carbocycles. The molecule has 0 aliphatic rings. The summed E-state index contributed by atoms with van der Waals surface area (Å²) in [7, 11) is 6.23. The molecule has 0 radical (unpaired) electrons. The number of amides is 1. The molecule has 1 N–H and O–H groups in total. The highest BCUT2D eigenvalue weighted by Crippen LogP contribution is 2.38. The minimum atomic E-state index is -0.652. The van der Waals surface area contributed by atoms with Crippen LogP contribution in [0.5, 0.6) is 28.7 Å². The van der Waals surface area contributed by atoms with Crippen LogP contribution in [0.4, 0.5) is 0 Å². The van der Waals surface area contributed by atoms with Crippen LogP contribution in [0.25, 0.3) is 0 Å². The zero-order chi connectivity index (χ0) is 19.8. The molecule has 0 bridgehead atoms. The lowest BCUT2D eigenvalue weighted by atomic mass is 10.1. The lowest BCUT2D eigenvalue weighted by Crippen LogP contribution is -2.35. The molecule has 1 atom stereocenters. The number of hydrogen-bond donors (Lipinski definition) is 1. The summed E-state index contributed by atoms with van der Waals surface area (Å²) < 4.78 is 26.7. The van der Waals surface area contributed by atoms with Crippen molar-refractivity contribution in [3.05, 3.63) is 42.0 Å². The number of carbonyl (C=O) groups is 1. The Balaban J connectivity index is 1.99. The van der Waals surface area contributed by atoms with Crippen LogP contribution >= 0.6 is 0 Å². The zero-order valence-electron chi connectivity index (χ0n) is 16.2. The molecule has 0 fully saturated rings. The van der Waals surface area contributed by atoms with E-state index in [1.165, 1.54) is 0 Å². The van der Waals surface area contributed by atoms with Gasteiger partial charge in [-0.1, -0.05) is 0 Å². The molecule has 0 heterocycles. The molecule has 0 aliphatic heterocycles. The van der Waals surface area contributed by atoms with Crippen LogP contribution in [0.2, 0.25) is 0 Å². The van der Waals surface area contributed by atoms with Gasteiger partial charge in [-0.05, 0) is 48.9 Å². The molecule has 0 saturated carbocycles. The maximum atomic E-state index is 12.3. The van der Waals surface area contributed by atoms with Crippen LogP contribution in [0, 0.1) is 0 Å². The average molecular weight is 375 g/mol. The fraction of sp³-hybridized carbons (Fsp3) is 0.350. The van der Waals surface area contributed by atoms with Gasteiger partial charge in [0.05, 0.1) is 28.4 Å². The Hall–Kier alpha value is -3.09. The zero-order valence-corrected chi connectivity index (χ0v) is 16.2. The first-order valence-corrected chi connectivity index (χ1v) is 8.39. The number of hydrogen-bond acceptors (Lipinski definition) is 6. The third-order valence-electron chi connectivity index (χ3n) is 3.93. The van der Waals surface area contributed by atoms with Gasteiger partial charge in [-0.3, -0.25) is 4.79 Å². The molecule has 7 nitrogen and oxygen atoms in total. The first-order chi connectivity index (χ1) is 13.0. The van der Waals surface area contributed by atoms with Gasteiger partial charge in [0.1, 0.15) is 11.5 Å². The van der Waals surface area contributed by atoms with Crippen molar-refractivity contribution in [2.24, 2.45) is 0 Å². The largest absolute Gasteiger partial charge is 0.497 e. The van der Waals surface area contributed by atoms with Gasteiger partial charge >= 0.3 is 0 Å². The SMILES string of the molecule is COc1ccc(O[C@@H](C)C(=O)NCc2cc(OC)c(OC)c(OC)c2)cc1. The fourth-order valence-corrected chi connectivity index (χ4v) is 2.48. The minimum absolute atomic E-state index is 0.237. The summed E-state index contributed by atoms with van der Waals surface area (Å²) in [4.78, 5) is 12.3. The number of nitrogens with one attached hydrogen (secondary N) is 1. The Morgan fingerprint density at radius 3 is 1.93 bits per heavy atom. The minimum Gasteiger partial charge on any atom is -0.497 e. The normalized spacial score (nSPS) is 11.3. The van der Waals surface area contributed by atoms with Gasteiger partial charge in [-0.25, -0.2) is 0 Å². The van der Waals surface area contributed by atoms with Crippen molar-refractivity contribution in [2.75, 3.05) is 28.4 Å². The van der Waals surface area contributed by atoms with Gasteiger partial charge in [0.2, 0.25) is 5.75 Å². The summed E-state index contributed by atoms with van der Waals surface area (Å²) in [6.07, 6.45) is -0.652. The maximum Gasteiger partial charge on any atom is 0.261 e.